The van der Waals surface area contributed by atoms with Crippen molar-refractivity contribution < 1.29 is 8.42 Å². The molecule has 0 aromatic carbocycles. The third-order valence-corrected chi connectivity index (χ3v) is 5.46. The van der Waals surface area contributed by atoms with Gasteiger partial charge in [-0.3, -0.25) is 0 Å². The van der Waals surface area contributed by atoms with Crippen molar-refractivity contribution in [3.05, 3.63) is 48.3 Å². The molecule has 0 spiro atoms. The second kappa shape index (κ2) is 8.97. The predicted octanol–water partition coefficient (Wildman–Crippen LogP) is 1.84. The highest BCUT2D eigenvalue weighted by Gasteiger charge is 2.18. The highest BCUT2D eigenvalue weighted by molar-refractivity contribution is 7.89. The number of anilines is 3. The molecule has 0 unspecified atom stereocenters. The molecule has 3 aromatic heterocycles. The van der Waals surface area contributed by atoms with Crippen molar-refractivity contribution in [1.82, 2.24) is 29.2 Å². The van der Waals surface area contributed by atoms with Gasteiger partial charge in [0.05, 0.1) is 0 Å². The number of rotatable bonds is 9. The van der Waals surface area contributed by atoms with Gasteiger partial charge in [-0.1, -0.05) is 0 Å². The van der Waals surface area contributed by atoms with E-state index >= 15 is 0 Å². The number of sulfonamides is 1. The summed E-state index contributed by atoms with van der Waals surface area (Å²) in [5.74, 6) is 2.50. The molecule has 11 heteroatoms. The maximum atomic E-state index is 12.4. The van der Waals surface area contributed by atoms with Gasteiger partial charge in [-0.2, -0.15) is 0 Å². The number of nitrogens with zero attached hydrogens (tertiary/aromatic N) is 5. The number of pyridine rings is 1. The lowest BCUT2D eigenvalue weighted by Crippen LogP contribution is -2.29. The van der Waals surface area contributed by atoms with Crippen LogP contribution in [0.5, 0.6) is 0 Å². The van der Waals surface area contributed by atoms with Gasteiger partial charge in [0.25, 0.3) is 10.0 Å². The summed E-state index contributed by atoms with van der Waals surface area (Å²) >= 11 is 0. The van der Waals surface area contributed by atoms with Crippen LogP contribution in [-0.4, -0.2) is 46.0 Å². The largest absolute Gasteiger partial charge is 0.369 e. The molecule has 0 aliphatic carbocycles. The van der Waals surface area contributed by atoms with Gasteiger partial charge in [-0.25, -0.2) is 33.1 Å². The Morgan fingerprint density at radius 1 is 1.03 bits per heavy atom. The molecule has 0 atom stereocenters. The third kappa shape index (κ3) is 5.48. The predicted molar refractivity (Wildman–Crippen MR) is 111 cm³/mol. The van der Waals surface area contributed by atoms with Gasteiger partial charge in [0, 0.05) is 38.1 Å². The highest BCUT2D eigenvalue weighted by atomic mass is 32.2. The zero-order valence-electron chi connectivity index (χ0n) is 16.5. The molecule has 0 aliphatic heterocycles. The van der Waals surface area contributed by atoms with E-state index in [0.717, 1.165) is 5.56 Å². The quantitative estimate of drug-likeness (QED) is 0.451. The molecule has 0 fully saturated rings. The Morgan fingerprint density at radius 3 is 2.52 bits per heavy atom. The van der Waals surface area contributed by atoms with Gasteiger partial charge in [0.2, 0.25) is 0 Å². The first kappa shape index (κ1) is 20.7. The standard InChI is InChI=1S/C18H24N8O2S/c1-4-26-11-18(24-14(26)3)29(27,28)23-8-7-20-15-10-17(22-12-21-15)25-16-9-13(2)5-6-19-16/h5-6,9-12,23H,4,7-8H2,1-3H3,(H2,19,20,21,22,25). The summed E-state index contributed by atoms with van der Waals surface area (Å²) in [4.78, 5) is 16.6. The van der Waals surface area contributed by atoms with E-state index in [9.17, 15) is 8.42 Å². The van der Waals surface area contributed by atoms with E-state index in [4.69, 9.17) is 0 Å². The molecular formula is C18H24N8O2S. The maximum absolute atomic E-state index is 12.4. The van der Waals surface area contributed by atoms with Crippen molar-refractivity contribution in [2.75, 3.05) is 23.7 Å². The number of aryl methyl sites for hydroxylation is 3. The zero-order chi connectivity index (χ0) is 20.9. The van der Waals surface area contributed by atoms with Gasteiger partial charge in [-0.15, -0.1) is 0 Å². The fourth-order valence-electron chi connectivity index (χ4n) is 2.64. The Labute approximate surface area is 169 Å². The van der Waals surface area contributed by atoms with Crippen molar-refractivity contribution in [3.63, 3.8) is 0 Å². The van der Waals surface area contributed by atoms with Crippen LogP contribution in [0.1, 0.15) is 18.3 Å². The normalized spacial score (nSPS) is 11.4. The maximum Gasteiger partial charge on any atom is 0.259 e. The molecule has 0 saturated carbocycles. The lowest BCUT2D eigenvalue weighted by atomic mass is 10.3. The first-order valence-corrected chi connectivity index (χ1v) is 10.6. The fourth-order valence-corrected chi connectivity index (χ4v) is 3.67. The molecule has 29 heavy (non-hydrogen) atoms. The molecule has 0 saturated heterocycles. The lowest BCUT2D eigenvalue weighted by Gasteiger charge is -2.09. The molecule has 0 aliphatic rings. The fraction of sp³-hybridized carbons (Fsp3) is 0.333. The van der Waals surface area contributed by atoms with Crippen molar-refractivity contribution in [1.29, 1.82) is 0 Å². The third-order valence-electron chi connectivity index (χ3n) is 4.13. The number of imidazole rings is 1. The summed E-state index contributed by atoms with van der Waals surface area (Å²) in [5.41, 5.74) is 1.08. The molecule has 3 N–H and O–H groups in total. The Kier molecular flexibility index (Phi) is 6.39. The molecule has 0 bridgehead atoms. The summed E-state index contributed by atoms with van der Waals surface area (Å²) in [6.45, 7) is 6.89. The van der Waals surface area contributed by atoms with Gasteiger partial charge < -0.3 is 15.2 Å². The minimum atomic E-state index is -3.65. The molecule has 154 valence electrons. The van der Waals surface area contributed by atoms with E-state index in [1.54, 1.807) is 23.8 Å². The summed E-state index contributed by atoms with van der Waals surface area (Å²) in [6.07, 6.45) is 4.67. The summed E-state index contributed by atoms with van der Waals surface area (Å²) < 4.78 is 29.0. The topological polar surface area (TPSA) is 127 Å². The molecule has 0 amide bonds. The van der Waals surface area contributed by atoms with Gasteiger partial charge in [0.1, 0.15) is 29.6 Å². The molecule has 10 nitrogen and oxygen atoms in total. The minimum Gasteiger partial charge on any atom is -0.369 e. The van der Waals surface area contributed by atoms with Crippen LogP contribution in [0, 0.1) is 13.8 Å². The van der Waals surface area contributed by atoms with Crippen LogP contribution >= 0.6 is 0 Å². The smallest absolute Gasteiger partial charge is 0.259 e. The highest BCUT2D eigenvalue weighted by Crippen LogP contribution is 2.15. The molecule has 3 rings (SSSR count). The molecule has 3 heterocycles. The van der Waals surface area contributed by atoms with Gasteiger partial charge >= 0.3 is 0 Å². The Balaban J connectivity index is 1.54. The lowest BCUT2D eigenvalue weighted by molar-refractivity contribution is 0.579. The van der Waals surface area contributed by atoms with Crippen LogP contribution < -0.4 is 15.4 Å². The van der Waals surface area contributed by atoms with Crippen LogP contribution in [0.15, 0.2) is 41.9 Å². The average molecular weight is 417 g/mol. The SMILES string of the molecule is CCn1cc(S(=O)(=O)NCCNc2cc(Nc3cc(C)ccn3)ncn2)nc1C. The number of nitrogens with one attached hydrogen (secondary N) is 3. The number of hydrogen-bond acceptors (Lipinski definition) is 8. The van der Waals surface area contributed by atoms with Crippen LogP contribution in [0.2, 0.25) is 0 Å². The average Bonchev–Trinajstić information content (AvgIpc) is 3.07. The van der Waals surface area contributed by atoms with E-state index in [-0.39, 0.29) is 11.6 Å². The Hall–Kier alpha value is -3.05. The summed E-state index contributed by atoms with van der Waals surface area (Å²) in [7, 11) is -3.65. The molecular weight excluding hydrogens is 392 g/mol. The van der Waals surface area contributed by atoms with E-state index in [2.05, 4.69) is 35.3 Å². The first-order chi connectivity index (χ1) is 13.9. The second-order valence-electron chi connectivity index (χ2n) is 6.37. The van der Waals surface area contributed by atoms with Crippen LogP contribution in [-0.2, 0) is 16.6 Å². The van der Waals surface area contributed by atoms with E-state index < -0.39 is 10.0 Å². The van der Waals surface area contributed by atoms with Crippen molar-refractivity contribution in [2.45, 2.75) is 32.3 Å². The Bertz CT molecular complexity index is 1080. The molecule has 0 radical (unpaired) electrons. The Morgan fingerprint density at radius 2 is 1.79 bits per heavy atom. The van der Waals surface area contributed by atoms with E-state index in [1.165, 1.54) is 12.5 Å². The zero-order valence-corrected chi connectivity index (χ0v) is 17.4. The number of aromatic nitrogens is 5. The van der Waals surface area contributed by atoms with Crippen LogP contribution in [0.4, 0.5) is 17.5 Å². The molecule has 3 aromatic rings. The monoisotopic (exact) mass is 416 g/mol. The minimum absolute atomic E-state index is 0.0241. The van der Waals surface area contributed by atoms with E-state index in [0.29, 0.717) is 36.4 Å². The first-order valence-electron chi connectivity index (χ1n) is 9.16. The summed E-state index contributed by atoms with van der Waals surface area (Å²) in [6, 6.07) is 5.55. The van der Waals surface area contributed by atoms with Crippen molar-refractivity contribution >= 4 is 27.5 Å². The van der Waals surface area contributed by atoms with Gasteiger partial charge in [-0.05, 0) is 38.5 Å². The van der Waals surface area contributed by atoms with Crippen molar-refractivity contribution in [2.24, 2.45) is 0 Å². The number of hydrogen-bond donors (Lipinski definition) is 3. The van der Waals surface area contributed by atoms with Gasteiger partial charge in [0.15, 0.2) is 5.03 Å². The van der Waals surface area contributed by atoms with Crippen LogP contribution in [0.25, 0.3) is 0 Å². The second-order valence-corrected chi connectivity index (χ2v) is 8.08. The van der Waals surface area contributed by atoms with E-state index in [1.807, 2.05) is 26.0 Å². The summed E-state index contributed by atoms with van der Waals surface area (Å²) in [5, 5.41) is 6.20. The van der Waals surface area contributed by atoms with Crippen molar-refractivity contribution in [3.8, 4) is 0 Å². The van der Waals surface area contributed by atoms with Crippen LogP contribution in [0.3, 0.4) is 0 Å².